The summed E-state index contributed by atoms with van der Waals surface area (Å²) in [6, 6.07) is 8.23. The van der Waals surface area contributed by atoms with Gasteiger partial charge in [0.05, 0.1) is 6.61 Å². The molecule has 0 saturated heterocycles. The molecule has 0 aliphatic carbocycles. The quantitative estimate of drug-likeness (QED) is 0.767. The van der Waals surface area contributed by atoms with Crippen LogP contribution in [0.15, 0.2) is 36.9 Å². The molecule has 3 rings (SSSR count). The summed E-state index contributed by atoms with van der Waals surface area (Å²) in [5.74, 6) is 1.49. The zero-order chi connectivity index (χ0) is 10.8. The summed E-state index contributed by atoms with van der Waals surface area (Å²) in [4.78, 5) is 3.96. The molecule has 0 spiro atoms. The van der Waals surface area contributed by atoms with Crippen molar-refractivity contribution in [3.8, 4) is 5.75 Å². The first-order valence-corrected chi connectivity index (χ1v) is 5.47. The number of para-hydroxylation sites is 1. The molecule has 16 heavy (non-hydrogen) atoms. The van der Waals surface area contributed by atoms with E-state index in [-0.39, 0.29) is 0 Å². The number of rotatable bonds is 2. The van der Waals surface area contributed by atoms with Crippen molar-refractivity contribution in [2.45, 2.75) is 18.9 Å². The highest BCUT2D eigenvalue weighted by Crippen LogP contribution is 2.33. The highest BCUT2D eigenvalue weighted by molar-refractivity contribution is 5.37. The molecule has 1 aliphatic heterocycles. The van der Waals surface area contributed by atoms with Crippen LogP contribution in [0.25, 0.3) is 0 Å². The Morgan fingerprint density at radius 1 is 1.38 bits per heavy atom. The van der Waals surface area contributed by atoms with Gasteiger partial charge in [0.15, 0.2) is 0 Å². The number of hydrogen-bond donors (Lipinski definition) is 0. The van der Waals surface area contributed by atoms with E-state index in [1.165, 1.54) is 5.56 Å². The molecule has 0 fully saturated rings. The maximum Gasteiger partial charge on any atom is 0.137 e. The van der Waals surface area contributed by atoms with Gasteiger partial charge in [-0.1, -0.05) is 18.2 Å². The molecule has 0 radical (unpaired) electrons. The predicted octanol–water partition coefficient (Wildman–Crippen LogP) is 1.84. The normalized spacial score (nSPS) is 18.9. The van der Waals surface area contributed by atoms with Gasteiger partial charge in [0.25, 0.3) is 0 Å². The molecular weight excluding hydrogens is 202 g/mol. The van der Waals surface area contributed by atoms with Crippen LogP contribution in [-0.2, 0) is 6.54 Å². The summed E-state index contributed by atoms with van der Waals surface area (Å²) in [5, 5.41) is 4.15. The lowest BCUT2D eigenvalue weighted by Gasteiger charge is -2.25. The number of fused-ring (bicyclic) bond motifs is 1. The molecule has 0 amide bonds. The van der Waals surface area contributed by atoms with Gasteiger partial charge in [-0.15, -0.1) is 0 Å². The van der Waals surface area contributed by atoms with Crippen molar-refractivity contribution in [2.24, 2.45) is 0 Å². The average Bonchev–Trinajstić information content (AvgIpc) is 2.82. The summed E-state index contributed by atoms with van der Waals surface area (Å²) < 4.78 is 7.51. The first-order chi connectivity index (χ1) is 7.93. The average molecular weight is 215 g/mol. The second kappa shape index (κ2) is 3.96. The molecule has 2 aromatic rings. The first-order valence-electron chi connectivity index (χ1n) is 5.47. The van der Waals surface area contributed by atoms with Crippen LogP contribution in [0.3, 0.4) is 0 Å². The van der Waals surface area contributed by atoms with Crippen LogP contribution in [-0.4, -0.2) is 21.4 Å². The third-order valence-corrected chi connectivity index (χ3v) is 2.96. The molecule has 4 nitrogen and oxygen atoms in total. The van der Waals surface area contributed by atoms with Gasteiger partial charge in [-0.2, -0.15) is 5.10 Å². The lowest BCUT2D eigenvalue weighted by molar-refractivity contribution is 0.256. The lowest BCUT2D eigenvalue weighted by atomic mass is 9.93. The molecule has 0 saturated carbocycles. The molecular formula is C12H13N3O. The van der Waals surface area contributed by atoms with E-state index in [2.05, 4.69) is 22.2 Å². The Morgan fingerprint density at radius 3 is 3.19 bits per heavy atom. The topological polar surface area (TPSA) is 39.9 Å². The lowest BCUT2D eigenvalue weighted by Crippen LogP contribution is -2.18. The number of ether oxygens (including phenoxy) is 1. The minimum absolute atomic E-state index is 0.478. The molecule has 82 valence electrons. The fraction of sp³-hybridized carbons (Fsp3) is 0.333. The van der Waals surface area contributed by atoms with Gasteiger partial charge >= 0.3 is 0 Å². The van der Waals surface area contributed by atoms with Crippen molar-refractivity contribution in [3.05, 3.63) is 42.5 Å². The zero-order valence-corrected chi connectivity index (χ0v) is 8.91. The largest absolute Gasteiger partial charge is 0.493 e. The van der Waals surface area contributed by atoms with E-state index < -0.39 is 0 Å². The molecule has 2 heterocycles. The minimum Gasteiger partial charge on any atom is -0.493 e. The second-order valence-electron chi connectivity index (χ2n) is 3.99. The van der Waals surface area contributed by atoms with Crippen LogP contribution < -0.4 is 4.74 Å². The number of benzene rings is 1. The number of hydrogen-bond acceptors (Lipinski definition) is 3. The highest BCUT2D eigenvalue weighted by Gasteiger charge is 2.21. The van der Waals surface area contributed by atoms with Gasteiger partial charge in [-0.3, -0.25) is 4.68 Å². The van der Waals surface area contributed by atoms with E-state index in [4.69, 9.17) is 4.74 Å². The molecule has 4 heteroatoms. The van der Waals surface area contributed by atoms with Gasteiger partial charge in [-0.05, 0) is 18.1 Å². The first kappa shape index (κ1) is 9.39. The van der Waals surface area contributed by atoms with Gasteiger partial charge in [0.2, 0.25) is 0 Å². The summed E-state index contributed by atoms with van der Waals surface area (Å²) in [6.07, 6.45) is 4.38. The molecule has 0 bridgehead atoms. The Labute approximate surface area is 93.9 Å². The third kappa shape index (κ3) is 1.66. The van der Waals surface area contributed by atoms with Crippen molar-refractivity contribution in [2.75, 3.05) is 6.61 Å². The smallest absolute Gasteiger partial charge is 0.137 e. The SMILES string of the molecule is c1ccc2c(c1)OCCC2Cn1cncn1. The molecule has 1 aromatic carbocycles. The molecule has 1 atom stereocenters. The standard InChI is InChI=1S/C12H13N3O/c1-2-4-12-11(3-1)10(5-6-16-12)7-15-9-13-8-14-15/h1-4,8-10H,5-7H2. The summed E-state index contributed by atoms with van der Waals surface area (Å²) in [5.41, 5.74) is 1.28. The number of nitrogens with zero attached hydrogens (tertiary/aromatic N) is 3. The molecule has 0 N–H and O–H groups in total. The Bertz CT molecular complexity index is 467. The summed E-state index contributed by atoms with van der Waals surface area (Å²) in [7, 11) is 0. The zero-order valence-electron chi connectivity index (χ0n) is 8.91. The Balaban J connectivity index is 1.87. The Hall–Kier alpha value is -1.84. The third-order valence-electron chi connectivity index (χ3n) is 2.96. The molecule has 1 aliphatic rings. The maximum absolute atomic E-state index is 5.63. The van der Waals surface area contributed by atoms with Crippen molar-refractivity contribution in [1.82, 2.24) is 14.8 Å². The van der Waals surface area contributed by atoms with Crippen LogP contribution in [0, 0.1) is 0 Å². The van der Waals surface area contributed by atoms with E-state index in [9.17, 15) is 0 Å². The monoisotopic (exact) mass is 215 g/mol. The number of aromatic nitrogens is 3. The Kier molecular flexibility index (Phi) is 2.33. The minimum atomic E-state index is 0.478. The van der Waals surface area contributed by atoms with Gasteiger partial charge in [0, 0.05) is 12.5 Å². The fourth-order valence-electron chi connectivity index (χ4n) is 2.16. The van der Waals surface area contributed by atoms with Gasteiger partial charge in [-0.25, -0.2) is 4.98 Å². The van der Waals surface area contributed by atoms with Gasteiger partial charge < -0.3 is 4.74 Å². The van der Waals surface area contributed by atoms with Crippen molar-refractivity contribution >= 4 is 0 Å². The molecule has 1 unspecified atom stereocenters. The van der Waals surface area contributed by atoms with E-state index in [1.54, 1.807) is 12.7 Å². The predicted molar refractivity (Wildman–Crippen MR) is 59.3 cm³/mol. The van der Waals surface area contributed by atoms with E-state index >= 15 is 0 Å². The van der Waals surface area contributed by atoms with E-state index in [1.807, 2.05) is 16.8 Å². The van der Waals surface area contributed by atoms with Gasteiger partial charge in [0.1, 0.15) is 18.4 Å². The Morgan fingerprint density at radius 2 is 2.31 bits per heavy atom. The van der Waals surface area contributed by atoms with Crippen LogP contribution in [0.5, 0.6) is 5.75 Å². The summed E-state index contributed by atoms with van der Waals surface area (Å²) in [6.45, 7) is 1.66. The maximum atomic E-state index is 5.63. The van der Waals surface area contributed by atoms with Crippen LogP contribution in [0.2, 0.25) is 0 Å². The highest BCUT2D eigenvalue weighted by atomic mass is 16.5. The van der Waals surface area contributed by atoms with Crippen molar-refractivity contribution in [3.63, 3.8) is 0 Å². The van der Waals surface area contributed by atoms with E-state index in [0.29, 0.717) is 5.92 Å². The fourth-order valence-corrected chi connectivity index (χ4v) is 2.16. The van der Waals surface area contributed by atoms with Crippen LogP contribution in [0.4, 0.5) is 0 Å². The van der Waals surface area contributed by atoms with Crippen molar-refractivity contribution < 1.29 is 4.74 Å². The molecule has 1 aromatic heterocycles. The van der Waals surface area contributed by atoms with E-state index in [0.717, 1.165) is 25.3 Å². The van der Waals surface area contributed by atoms with Crippen LogP contribution in [0.1, 0.15) is 17.9 Å². The van der Waals surface area contributed by atoms with Crippen LogP contribution >= 0.6 is 0 Å². The summed E-state index contributed by atoms with van der Waals surface area (Å²) >= 11 is 0. The second-order valence-corrected chi connectivity index (χ2v) is 3.99. The van der Waals surface area contributed by atoms with Crippen molar-refractivity contribution in [1.29, 1.82) is 0 Å².